The fourth-order valence-electron chi connectivity index (χ4n) is 2.15. The van der Waals surface area contributed by atoms with Crippen molar-refractivity contribution in [3.63, 3.8) is 0 Å². The highest BCUT2D eigenvalue weighted by Gasteiger charge is 2.20. The lowest BCUT2D eigenvalue weighted by atomic mass is 10.1. The summed E-state index contributed by atoms with van der Waals surface area (Å²) in [6, 6.07) is 4.87. The Balaban J connectivity index is 3.11. The van der Waals surface area contributed by atoms with Crippen molar-refractivity contribution >= 4 is 16.1 Å². The normalized spacial score (nSPS) is 12.4. The van der Waals surface area contributed by atoms with E-state index < -0.39 is 10.1 Å². The van der Waals surface area contributed by atoms with Crippen LogP contribution in [0.3, 0.4) is 0 Å². The summed E-state index contributed by atoms with van der Waals surface area (Å²) in [5.41, 5.74) is 0.751. The standard InChI is InChI=1S/C16H26N2O5S/c1-6-12(3)18(16(19)17-7-2)11-13-8-9-14(22-4)15(10-13)23-24(5,20)21/h8-10,12H,6-7,11H2,1-5H3,(H,17,19). The number of carbonyl (C=O) groups excluding carboxylic acids is 1. The number of hydrogen-bond donors (Lipinski definition) is 1. The second-order valence-electron chi connectivity index (χ2n) is 5.49. The first-order valence-corrected chi connectivity index (χ1v) is 9.64. The highest BCUT2D eigenvalue weighted by molar-refractivity contribution is 7.86. The molecule has 0 aromatic heterocycles. The summed E-state index contributed by atoms with van der Waals surface area (Å²) < 4.78 is 32.9. The van der Waals surface area contributed by atoms with Gasteiger partial charge < -0.3 is 19.1 Å². The summed E-state index contributed by atoms with van der Waals surface area (Å²) in [6.07, 6.45) is 1.78. The molecule has 7 nitrogen and oxygen atoms in total. The van der Waals surface area contributed by atoms with Crippen LogP contribution in [0.2, 0.25) is 0 Å². The first kappa shape index (κ1) is 20.1. The average Bonchev–Trinajstić information content (AvgIpc) is 2.50. The molecule has 0 aliphatic carbocycles. The number of carbonyl (C=O) groups is 1. The molecule has 0 aliphatic heterocycles. The van der Waals surface area contributed by atoms with Gasteiger partial charge in [0.25, 0.3) is 0 Å². The molecule has 24 heavy (non-hydrogen) atoms. The van der Waals surface area contributed by atoms with Crippen LogP contribution in [-0.4, -0.2) is 45.3 Å². The van der Waals surface area contributed by atoms with Gasteiger partial charge in [0, 0.05) is 19.1 Å². The Morgan fingerprint density at radius 1 is 1.29 bits per heavy atom. The number of methoxy groups -OCH3 is 1. The molecule has 0 radical (unpaired) electrons. The third-order valence-electron chi connectivity index (χ3n) is 3.53. The van der Waals surface area contributed by atoms with Crippen molar-refractivity contribution in [1.29, 1.82) is 0 Å². The van der Waals surface area contributed by atoms with Crippen molar-refractivity contribution in [3.8, 4) is 11.5 Å². The molecular formula is C16H26N2O5S. The quantitative estimate of drug-likeness (QED) is 0.721. The lowest BCUT2D eigenvalue weighted by molar-refractivity contribution is 0.174. The Bertz CT molecular complexity index is 660. The highest BCUT2D eigenvalue weighted by Crippen LogP contribution is 2.30. The van der Waals surface area contributed by atoms with Crippen LogP contribution in [0, 0.1) is 0 Å². The molecule has 1 atom stereocenters. The molecule has 0 heterocycles. The molecule has 1 aromatic rings. The summed E-state index contributed by atoms with van der Waals surface area (Å²) in [6.45, 7) is 6.70. The van der Waals surface area contributed by atoms with Gasteiger partial charge in [-0.25, -0.2) is 4.79 Å². The average molecular weight is 358 g/mol. The van der Waals surface area contributed by atoms with Gasteiger partial charge >= 0.3 is 16.1 Å². The molecule has 0 saturated carbocycles. The molecule has 0 spiro atoms. The second kappa shape index (κ2) is 8.77. The summed E-state index contributed by atoms with van der Waals surface area (Å²) in [7, 11) is -2.24. The number of ether oxygens (including phenoxy) is 1. The van der Waals surface area contributed by atoms with Crippen LogP contribution in [0.1, 0.15) is 32.8 Å². The zero-order valence-electron chi connectivity index (χ0n) is 14.8. The molecule has 1 N–H and O–H groups in total. The van der Waals surface area contributed by atoms with Crippen LogP contribution in [-0.2, 0) is 16.7 Å². The minimum Gasteiger partial charge on any atom is -0.493 e. The van der Waals surface area contributed by atoms with E-state index in [9.17, 15) is 13.2 Å². The maximum atomic E-state index is 12.2. The van der Waals surface area contributed by atoms with Crippen LogP contribution in [0.5, 0.6) is 11.5 Å². The largest absolute Gasteiger partial charge is 0.493 e. The number of nitrogens with one attached hydrogen (secondary N) is 1. The molecule has 2 amide bonds. The molecule has 0 bridgehead atoms. The molecule has 1 aromatic carbocycles. The van der Waals surface area contributed by atoms with E-state index in [-0.39, 0.29) is 17.8 Å². The van der Waals surface area contributed by atoms with Gasteiger partial charge in [0.15, 0.2) is 11.5 Å². The third kappa shape index (κ3) is 5.92. The summed E-state index contributed by atoms with van der Waals surface area (Å²) in [5, 5.41) is 2.79. The number of amides is 2. The van der Waals surface area contributed by atoms with Crippen molar-refractivity contribution in [1.82, 2.24) is 10.2 Å². The summed E-state index contributed by atoms with van der Waals surface area (Å²) >= 11 is 0. The van der Waals surface area contributed by atoms with Crippen LogP contribution in [0.4, 0.5) is 4.79 Å². The zero-order valence-corrected chi connectivity index (χ0v) is 15.6. The first-order chi connectivity index (χ1) is 11.2. The second-order valence-corrected chi connectivity index (χ2v) is 7.07. The zero-order chi connectivity index (χ0) is 18.3. The first-order valence-electron chi connectivity index (χ1n) is 7.82. The van der Waals surface area contributed by atoms with E-state index in [1.165, 1.54) is 7.11 Å². The van der Waals surface area contributed by atoms with Gasteiger partial charge in [0.1, 0.15) is 0 Å². The predicted molar refractivity (Wildman–Crippen MR) is 92.8 cm³/mol. The minimum absolute atomic E-state index is 0.0397. The number of hydrogen-bond acceptors (Lipinski definition) is 5. The van der Waals surface area contributed by atoms with Gasteiger partial charge in [-0.2, -0.15) is 8.42 Å². The lowest BCUT2D eigenvalue weighted by Gasteiger charge is -2.29. The fourth-order valence-corrected chi connectivity index (χ4v) is 2.60. The number of urea groups is 1. The number of nitrogens with zero attached hydrogens (tertiary/aromatic N) is 1. The van der Waals surface area contributed by atoms with E-state index in [1.807, 2.05) is 20.8 Å². The maximum Gasteiger partial charge on any atom is 0.317 e. The van der Waals surface area contributed by atoms with E-state index >= 15 is 0 Å². The van der Waals surface area contributed by atoms with Crippen LogP contribution >= 0.6 is 0 Å². The minimum atomic E-state index is -3.67. The Morgan fingerprint density at radius 2 is 1.96 bits per heavy atom. The van der Waals surface area contributed by atoms with Gasteiger partial charge in [0.2, 0.25) is 0 Å². The van der Waals surface area contributed by atoms with E-state index in [2.05, 4.69) is 5.32 Å². The van der Waals surface area contributed by atoms with Crippen LogP contribution in [0.15, 0.2) is 18.2 Å². The fraction of sp³-hybridized carbons (Fsp3) is 0.562. The topological polar surface area (TPSA) is 84.9 Å². The molecule has 1 rings (SSSR count). The number of rotatable bonds is 8. The third-order valence-corrected chi connectivity index (χ3v) is 4.02. The molecule has 8 heteroatoms. The smallest absolute Gasteiger partial charge is 0.317 e. The van der Waals surface area contributed by atoms with Crippen LogP contribution < -0.4 is 14.2 Å². The summed E-state index contributed by atoms with van der Waals surface area (Å²) in [4.78, 5) is 14.0. The van der Waals surface area contributed by atoms with Crippen LogP contribution in [0.25, 0.3) is 0 Å². The molecule has 1 unspecified atom stereocenters. The van der Waals surface area contributed by atoms with Gasteiger partial charge in [-0.1, -0.05) is 13.0 Å². The molecule has 0 fully saturated rings. The Hall–Kier alpha value is -1.96. The molecule has 0 aliphatic rings. The Labute approximate surface area is 144 Å². The predicted octanol–water partition coefficient (Wildman–Crippen LogP) is 2.36. The monoisotopic (exact) mass is 358 g/mol. The van der Waals surface area contributed by atoms with Gasteiger partial charge in [-0.05, 0) is 38.0 Å². The van der Waals surface area contributed by atoms with E-state index in [4.69, 9.17) is 8.92 Å². The highest BCUT2D eigenvalue weighted by atomic mass is 32.2. The molecular weight excluding hydrogens is 332 g/mol. The maximum absolute atomic E-state index is 12.2. The SMILES string of the molecule is CCNC(=O)N(Cc1ccc(OC)c(OS(C)(=O)=O)c1)C(C)CC. The summed E-state index contributed by atoms with van der Waals surface area (Å²) in [5.74, 6) is 0.426. The van der Waals surface area contributed by atoms with Gasteiger partial charge in [-0.3, -0.25) is 0 Å². The van der Waals surface area contributed by atoms with Gasteiger partial charge in [0.05, 0.1) is 13.4 Å². The number of benzene rings is 1. The van der Waals surface area contributed by atoms with E-state index in [0.29, 0.717) is 18.8 Å². The van der Waals surface area contributed by atoms with Gasteiger partial charge in [-0.15, -0.1) is 0 Å². The van der Waals surface area contributed by atoms with Crippen molar-refractivity contribution in [2.45, 2.75) is 39.8 Å². The molecule has 0 saturated heterocycles. The van der Waals surface area contributed by atoms with E-state index in [1.54, 1.807) is 23.1 Å². The Kier molecular flexibility index (Phi) is 7.34. The van der Waals surface area contributed by atoms with Crippen molar-refractivity contribution in [2.24, 2.45) is 0 Å². The molecule has 136 valence electrons. The van der Waals surface area contributed by atoms with E-state index in [0.717, 1.165) is 18.2 Å². The van der Waals surface area contributed by atoms with Crippen molar-refractivity contribution < 1.29 is 22.1 Å². The Morgan fingerprint density at radius 3 is 2.46 bits per heavy atom. The van der Waals surface area contributed by atoms with Crippen molar-refractivity contribution in [2.75, 3.05) is 19.9 Å². The lowest BCUT2D eigenvalue weighted by Crippen LogP contribution is -2.44. The van der Waals surface area contributed by atoms with Crippen molar-refractivity contribution in [3.05, 3.63) is 23.8 Å².